The van der Waals surface area contributed by atoms with Crippen molar-refractivity contribution in [3.8, 4) is 28.1 Å². The summed E-state index contributed by atoms with van der Waals surface area (Å²) in [4.78, 5) is 5.12. The number of aromatic nitrogens is 2. The van der Waals surface area contributed by atoms with Gasteiger partial charge in [0.2, 0.25) is 0 Å². The van der Waals surface area contributed by atoms with Crippen LogP contribution in [0.25, 0.3) is 82.6 Å². The number of nitrogens with zero attached hydrogens (tertiary/aromatic N) is 2. The number of rotatable bonds is 3. The van der Waals surface area contributed by atoms with Crippen molar-refractivity contribution < 1.29 is 4.42 Å². The Morgan fingerprint density at radius 1 is 0.429 bits per heavy atom. The number of benzene rings is 6. The van der Waals surface area contributed by atoms with Crippen LogP contribution in [-0.2, 0) is 0 Å². The fourth-order valence-corrected chi connectivity index (χ4v) is 6.49. The number of furan rings is 1. The lowest BCUT2D eigenvalue weighted by Crippen LogP contribution is -1.99. The minimum absolute atomic E-state index is 0.912. The van der Waals surface area contributed by atoms with Gasteiger partial charge in [-0.05, 0) is 58.5 Å². The van der Waals surface area contributed by atoms with Crippen molar-refractivity contribution in [3.63, 3.8) is 0 Å². The summed E-state index contributed by atoms with van der Waals surface area (Å²) in [6, 6.07) is 49.2. The molecule has 0 unspecified atom stereocenters. The van der Waals surface area contributed by atoms with E-state index in [4.69, 9.17) is 9.40 Å². The molecule has 0 fully saturated rings. The molecule has 0 saturated carbocycles. The highest BCUT2D eigenvalue weighted by Gasteiger charge is 2.18. The fourth-order valence-electron chi connectivity index (χ4n) is 6.49. The van der Waals surface area contributed by atoms with E-state index in [1.54, 1.807) is 0 Å². The van der Waals surface area contributed by atoms with Crippen LogP contribution in [0, 0.1) is 0 Å². The molecular weight excluding hydrogens is 512 g/mol. The maximum Gasteiger partial charge on any atom is 0.145 e. The predicted molar refractivity (Wildman–Crippen MR) is 174 cm³/mol. The van der Waals surface area contributed by atoms with Gasteiger partial charge < -0.3 is 4.42 Å². The third-order valence-electron chi connectivity index (χ3n) is 8.45. The van der Waals surface area contributed by atoms with Crippen LogP contribution in [-0.4, -0.2) is 9.55 Å². The molecule has 0 aliphatic carbocycles. The maximum absolute atomic E-state index is 6.08. The monoisotopic (exact) mass is 536 g/mol. The average Bonchev–Trinajstić information content (AvgIpc) is 3.59. The van der Waals surface area contributed by atoms with E-state index in [1.165, 1.54) is 32.8 Å². The van der Waals surface area contributed by atoms with Gasteiger partial charge in [0.25, 0.3) is 0 Å². The second-order valence-electron chi connectivity index (χ2n) is 10.8. The molecule has 3 aromatic heterocycles. The largest absolute Gasteiger partial charge is 0.456 e. The van der Waals surface area contributed by atoms with Crippen LogP contribution in [0.2, 0.25) is 0 Å². The standard InChI is InChI=1S/C39H24N2O/c1-2-10-25(11-3-1)34-24-40-39(31-15-5-4-12-28(31)34)41-35-16-8-6-13-29(35)32-22-26(18-20-36(32)41)27-19-21-38-33(23-27)30-14-7-9-17-37(30)42-38/h1-24H. The van der Waals surface area contributed by atoms with Crippen molar-refractivity contribution in [1.82, 2.24) is 9.55 Å². The highest BCUT2D eigenvalue weighted by molar-refractivity contribution is 6.12. The number of hydrogen-bond acceptors (Lipinski definition) is 2. The summed E-state index contributed by atoms with van der Waals surface area (Å²) in [6.07, 6.45) is 2.02. The second kappa shape index (κ2) is 8.92. The van der Waals surface area contributed by atoms with Crippen molar-refractivity contribution in [2.24, 2.45) is 0 Å². The van der Waals surface area contributed by atoms with E-state index >= 15 is 0 Å². The third-order valence-corrected chi connectivity index (χ3v) is 8.45. The Bertz CT molecular complexity index is 2470. The molecule has 0 atom stereocenters. The summed E-state index contributed by atoms with van der Waals surface area (Å²) in [5, 5.41) is 7.02. The van der Waals surface area contributed by atoms with Crippen LogP contribution < -0.4 is 0 Å². The van der Waals surface area contributed by atoms with Crippen LogP contribution in [0.4, 0.5) is 0 Å². The van der Waals surface area contributed by atoms with E-state index in [9.17, 15) is 0 Å². The van der Waals surface area contributed by atoms with Crippen molar-refractivity contribution in [2.75, 3.05) is 0 Å². The Balaban J connectivity index is 1.28. The maximum atomic E-state index is 6.08. The van der Waals surface area contributed by atoms with E-state index in [0.29, 0.717) is 0 Å². The van der Waals surface area contributed by atoms with Gasteiger partial charge in [-0.25, -0.2) is 4.98 Å². The summed E-state index contributed by atoms with van der Waals surface area (Å²) in [6.45, 7) is 0. The van der Waals surface area contributed by atoms with Gasteiger partial charge in [-0.3, -0.25) is 4.57 Å². The molecule has 0 radical (unpaired) electrons. The first-order valence-electron chi connectivity index (χ1n) is 14.2. The lowest BCUT2D eigenvalue weighted by Gasteiger charge is -2.14. The summed E-state index contributed by atoms with van der Waals surface area (Å²) >= 11 is 0. The molecule has 0 aliphatic rings. The molecule has 9 aromatic rings. The Kier molecular flexibility index (Phi) is 4.90. The minimum Gasteiger partial charge on any atom is -0.456 e. The van der Waals surface area contributed by atoms with E-state index in [0.717, 1.165) is 49.7 Å². The predicted octanol–water partition coefficient (Wildman–Crippen LogP) is 10.6. The molecule has 0 saturated heterocycles. The molecular formula is C39H24N2O. The Morgan fingerprint density at radius 3 is 1.90 bits per heavy atom. The Hall–Kier alpha value is -5.67. The van der Waals surface area contributed by atoms with Gasteiger partial charge in [-0.1, -0.05) is 103 Å². The van der Waals surface area contributed by atoms with E-state index in [-0.39, 0.29) is 0 Å². The Morgan fingerprint density at radius 2 is 1.05 bits per heavy atom. The minimum atomic E-state index is 0.912. The summed E-state index contributed by atoms with van der Waals surface area (Å²) in [5.41, 5.74) is 8.77. The topological polar surface area (TPSA) is 31.0 Å². The molecule has 42 heavy (non-hydrogen) atoms. The lowest BCUT2D eigenvalue weighted by molar-refractivity contribution is 0.669. The van der Waals surface area contributed by atoms with Gasteiger partial charge in [-0.15, -0.1) is 0 Å². The zero-order valence-corrected chi connectivity index (χ0v) is 22.7. The molecule has 0 aliphatic heterocycles. The quantitative estimate of drug-likeness (QED) is 0.225. The molecule has 6 aromatic carbocycles. The summed E-state index contributed by atoms with van der Waals surface area (Å²) in [5.74, 6) is 0.940. The number of fused-ring (bicyclic) bond motifs is 7. The van der Waals surface area contributed by atoms with E-state index < -0.39 is 0 Å². The lowest BCUT2D eigenvalue weighted by atomic mass is 10.00. The summed E-state index contributed by atoms with van der Waals surface area (Å²) in [7, 11) is 0. The molecule has 0 bridgehead atoms. The molecule has 3 nitrogen and oxygen atoms in total. The first-order valence-corrected chi connectivity index (χ1v) is 14.2. The molecule has 3 heterocycles. The first kappa shape index (κ1) is 23.1. The molecule has 9 rings (SSSR count). The zero-order valence-electron chi connectivity index (χ0n) is 22.7. The smallest absolute Gasteiger partial charge is 0.145 e. The van der Waals surface area contributed by atoms with Gasteiger partial charge in [0, 0.05) is 38.7 Å². The number of hydrogen-bond donors (Lipinski definition) is 0. The highest BCUT2D eigenvalue weighted by atomic mass is 16.3. The third kappa shape index (κ3) is 3.37. The summed E-state index contributed by atoms with van der Waals surface area (Å²) < 4.78 is 8.40. The van der Waals surface area contributed by atoms with Crippen molar-refractivity contribution >= 4 is 54.5 Å². The van der Waals surface area contributed by atoms with Crippen molar-refractivity contribution in [1.29, 1.82) is 0 Å². The van der Waals surface area contributed by atoms with Crippen molar-refractivity contribution in [2.45, 2.75) is 0 Å². The number of para-hydroxylation sites is 2. The highest BCUT2D eigenvalue weighted by Crippen LogP contribution is 2.39. The number of pyridine rings is 1. The van der Waals surface area contributed by atoms with Gasteiger partial charge in [0.05, 0.1) is 11.0 Å². The van der Waals surface area contributed by atoms with Crippen LogP contribution in [0.3, 0.4) is 0 Å². The molecule has 0 amide bonds. The molecule has 0 N–H and O–H groups in total. The van der Waals surface area contributed by atoms with Gasteiger partial charge in [-0.2, -0.15) is 0 Å². The first-order chi connectivity index (χ1) is 20.8. The average molecular weight is 537 g/mol. The van der Waals surface area contributed by atoms with Crippen LogP contribution in [0.1, 0.15) is 0 Å². The van der Waals surface area contributed by atoms with Crippen LogP contribution in [0.15, 0.2) is 150 Å². The van der Waals surface area contributed by atoms with Crippen LogP contribution >= 0.6 is 0 Å². The van der Waals surface area contributed by atoms with Crippen LogP contribution in [0.5, 0.6) is 0 Å². The SMILES string of the molecule is c1ccc(-c2cnc(-n3c4ccccc4c4cc(-c5ccc6oc7ccccc7c6c5)ccc43)c3ccccc23)cc1. The molecule has 0 spiro atoms. The zero-order chi connectivity index (χ0) is 27.6. The molecule has 3 heteroatoms. The normalized spacial score (nSPS) is 11.8. The Labute approximate surface area is 241 Å². The van der Waals surface area contributed by atoms with Crippen molar-refractivity contribution in [3.05, 3.63) is 146 Å². The van der Waals surface area contributed by atoms with E-state index in [2.05, 4.69) is 132 Å². The van der Waals surface area contributed by atoms with Gasteiger partial charge in [0.15, 0.2) is 0 Å². The van der Waals surface area contributed by atoms with Gasteiger partial charge >= 0.3 is 0 Å². The fraction of sp³-hybridized carbons (Fsp3) is 0. The van der Waals surface area contributed by atoms with Gasteiger partial charge in [0.1, 0.15) is 17.0 Å². The van der Waals surface area contributed by atoms with E-state index in [1.807, 2.05) is 18.3 Å². The second-order valence-corrected chi connectivity index (χ2v) is 10.8. The molecule has 196 valence electrons.